The van der Waals surface area contributed by atoms with E-state index in [-0.39, 0.29) is 23.8 Å². The molecular formula is C29H31N3O4S. The summed E-state index contributed by atoms with van der Waals surface area (Å²) in [6, 6.07) is 15.3. The molecule has 1 aliphatic rings. The normalized spacial score (nSPS) is 15.1. The Morgan fingerprint density at radius 3 is 2.59 bits per heavy atom. The number of carbonyl (C=O) groups excluding carboxylic acids is 2. The molecule has 0 aliphatic carbocycles. The molecule has 7 nitrogen and oxygen atoms in total. The highest BCUT2D eigenvalue weighted by Crippen LogP contribution is 2.31. The topological polar surface area (TPSA) is 84.7 Å². The highest BCUT2D eigenvalue weighted by atomic mass is 32.1. The maximum absolute atomic E-state index is 12.9. The number of amides is 2. The van der Waals surface area contributed by atoms with Crippen LogP contribution >= 0.6 is 11.3 Å². The molecule has 1 fully saturated rings. The lowest BCUT2D eigenvalue weighted by Crippen LogP contribution is -2.38. The van der Waals surface area contributed by atoms with Gasteiger partial charge >= 0.3 is 0 Å². The number of thiazole rings is 1. The van der Waals surface area contributed by atoms with E-state index in [2.05, 4.69) is 10.3 Å². The van der Waals surface area contributed by atoms with Gasteiger partial charge in [0.25, 0.3) is 11.8 Å². The lowest BCUT2D eigenvalue weighted by molar-refractivity contribution is 0.0683. The number of para-hydroxylation sites is 2. The van der Waals surface area contributed by atoms with E-state index in [1.807, 2.05) is 79.6 Å². The fourth-order valence-corrected chi connectivity index (χ4v) is 5.70. The summed E-state index contributed by atoms with van der Waals surface area (Å²) < 4.78 is 11.7. The van der Waals surface area contributed by atoms with Gasteiger partial charge in [-0.15, -0.1) is 11.3 Å². The lowest BCUT2D eigenvalue weighted by Gasteiger charge is -2.30. The number of rotatable bonds is 7. The Bertz CT molecular complexity index is 1360. The number of nitrogens with zero attached hydrogens (tertiary/aromatic N) is 2. The molecule has 2 amide bonds. The average Bonchev–Trinajstić information content (AvgIpc) is 3.56. The Morgan fingerprint density at radius 1 is 1.14 bits per heavy atom. The molecule has 37 heavy (non-hydrogen) atoms. The van der Waals surface area contributed by atoms with Crippen LogP contribution in [0.1, 0.15) is 62.9 Å². The van der Waals surface area contributed by atoms with Gasteiger partial charge in [0.05, 0.1) is 11.0 Å². The summed E-state index contributed by atoms with van der Waals surface area (Å²) in [5.74, 6) is 1.20. The standard InChI is InChI=1S/C29H31N3O4S/c1-18-7-6-8-19(2)26(18)35-16-20(3)30-27(33)23-17-37-28(31-23)21-11-13-32(14-12-21)29(34)25-15-22-9-4-5-10-24(22)36-25/h4-10,15,17,20-21H,11-14,16H2,1-3H3,(H,30,33). The molecule has 1 aliphatic heterocycles. The molecule has 4 aromatic rings. The van der Waals surface area contributed by atoms with Gasteiger partial charge in [-0.3, -0.25) is 9.59 Å². The summed E-state index contributed by atoms with van der Waals surface area (Å²) in [6.45, 7) is 7.60. The number of piperidine rings is 1. The minimum absolute atomic E-state index is 0.0778. The summed E-state index contributed by atoms with van der Waals surface area (Å²) in [4.78, 5) is 32.2. The number of furan rings is 1. The SMILES string of the molecule is Cc1cccc(C)c1OCC(C)NC(=O)c1csc(C2CCN(C(=O)c3cc4ccccc4o3)CC2)n1. The molecule has 0 saturated carbocycles. The minimum atomic E-state index is -0.197. The van der Waals surface area contributed by atoms with Crippen molar-refractivity contribution in [3.8, 4) is 5.75 Å². The van der Waals surface area contributed by atoms with Crippen LogP contribution in [0.25, 0.3) is 11.0 Å². The van der Waals surface area contributed by atoms with Crippen molar-refractivity contribution in [1.82, 2.24) is 15.2 Å². The summed E-state index contributed by atoms with van der Waals surface area (Å²) in [6.07, 6.45) is 1.61. The number of likely N-dealkylation sites (tertiary alicyclic amines) is 1. The van der Waals surface area contributed by atoms with Crippen LogP contribution in [-0.2, 0) is 0 Å². The lowest BCUT2D eigenvalue weighted by atomic mass is 9.97. The molecule has 3 heterocycles. The van der Waals surface area contributed by atoms with E-state index in [1.54, 1.807) is 0 Å². The van der Waals surface area contributed by atoms with E-state index < -0.39 is 0 Å². The molecule has 1 atom stereocenters. The van der Waals surface area contributed by atoms with Gasteiger partial charge in [-0.25, -0.2) is 4.98 Å². The number of aromatic nitrogens is 1. The number of hydrogen-bond acceptors (Lipinski definition) is 6. The van der Waals surface area contributed by atoms with Crippen molar-refractivity contribution in [3.63, 3.8) is 0 Å². The van der Waals surface area contributed by atoms with E-state index in [4.69, 9.17) is 9.15 Å². The smallest absolute Gasteiger partial charge is 0.289 e. The van der Waals surface area contributed by atoms with Gasteiger partial charge in [0, 0.05) is 29.8 Å². The monoisotopic (exact) mass is 517 g/mol. The zero-order chi connectivity index (χ0) is 25.9. The predicted octanol–water partition coefficient (Wildman–Crippen LogP) is 5.72. The number of carbonyl (C=O) groups is 2. The van der Waals surface area contributed by atoms with Crippen LogP contribution in [0.2, 0.25) is 0 Å². The number of benzene rings is 2. The zero-order valence-electron chi connectivity index (χ0n) is 21.3. The van der Waals surface area contributed by atoms with E-state index in [1.165, 1.54) is 11.3 Å². The summed E-state index contributed by atoms with van der Waals surface area (Å²) in [5.41, 5.74) is 3.31. The molecule has 192 valence electrons. The molecule has 0 radical (unpaired) electrons. The third-order valence-corrected chi connectivity index (χ3v) is 7.79. The second kappa shape index (κ2) is 10.8. The van der Waals surface area contributed by atoms with Gasteiger partial charge in [0.2, 0.25) is 0 Å². The molecule has 2 aromatic heterocycles. The van der Waals surface area contributed by atoms with Crippen molar-refractivity contribution in [1.29, 1.82) is 0 Å². The van der Waals surface area contributed by atoms with Gasteiger partial charge in [-0.1, -0.05) is 36.4 Å². The predicted molar refractivity (Wildman–Crippen MR) is 145 cm³/mol. The number of ether oxygens (including phenoxy) is 1. The number of fused-ring (bicyclic) bond motifs is 1. The van der Waals surface area contributed by atoms with Crippen LogP contribution in [0, 0.1) is 13.8 Å². The highest BCUT2D eigenvalue weighted by molar-refractivity contribution is 7.09. The first-order chi connectivity index (χ1) is 17.9. The van der Waals surface area contributed by atoms with Gasteiger partial charge in [0.1, 0.15) is 23.6 Å². The molecule has 1 N–H and O–H groups in total. The molecule has 5 rings (SSSR count). The van der Waals surface area contributed by atoms with Crippen molar-refractivity contribution in [2.24, 2.45) is 0 Å². The number of hydrogen-bond donors (Lipinski definition) is 1. The van der Waals surface area contributed by atoms with Crippen LogP contribution in [-0.4, -0.2) is 47.4 Å². The Balaban J connectivity index is 1.13. The van der Waals surface area contributed by atoms with Gasteiger partial charge in [-0.2, -0.15) is 0 Å². The van der Waals surface area contributed by atoms with Crippen molar-refractivity contribution in [3.05, 3.63) is 81.5 Å². The molecular weight excluding hydrogens is 486 g/mol. The number of nitrogens with one attached hydrogen (secondary N) is 1. The molecule has 2 aromatic carbocycles. The van der Waals surface area contributed by atoms with Gasteiger partial charge < -0.3 is 19.4 Å². The molecule has 8 heteroatoms. The molecule has 1 saturated heterocycles. The Morgan fingerprint density at radius 2 is 1.86 bits per heavy atom. The van der Waals surface area contributed by atoms with Crippen molar-refractivity contribution in [2.75, 3.05) is 19.7 Å². The molecule has 0 bridgehead atoms. The second-order valence-electron chi connectivity index (χ2n) is 9.69. The second-order valence-corrected chi connectivity index (χ2v) is 10.6. The maximum atomic E-state index is 12.9. The Hall–Kier alpha value is -3.65. The third-order valence-electron chi connectivity index (χ3n) is 6.79. The zero-order valence-corrected chi connectivity index (χ0v) is 22.1. The van der Waals surface area contributed by atoms with Gasteiger partial charge in [0.15, 0.2) is 5.76 Å². The fourth-order valence-electron chi connectivity index (χ4n) is 4.73. The third kappa shape index (κ3) is 5.54. The van der Waals surface area contributed by atoms with Crippen LogP contribution in [0.3, 0.4) is 0 Å². The van der Waals surface area contributed by atoms with Crippen LogP contribution in [0.15, 0.2) is 58.3 Å². The first kappa shape index (κ1) is 25.0. The highest BCUT2D eigenvalue weighted by Gasteiger charge is 2.28. The van der Waals surface area contributed by atoms with Crippen LogP contribution < -0.4 is 10.1 Å². The fraction of sp³-hybridized carbons (Fsp3) is 0.345. The first-order valence-electron chi connectivity index (χ1n) is 12.6. The van der Waals surface area contributed by atoms with Crippen molar-refractivity contribution >= 4 is 34.1 Å². The van der Waals surface area contributed by atoms with Gasteiger partial charge in [-0.05, 0) is 56.9 Å². The average molecular weight is 518 g/mol. The van der Waals surface area contributed by atoms with E-state index >= 15 is 0 Å². The summed E-state index contributed by atoms with van der Waals surface area (Å²) in [5, 5.41) is 6.68. The summed E-state index contributed by atoms with van der Waals surface area (Å²) >= 11 is 1.51. The quantitative estimate of drug-likeness (QED) is 0.339. The van der Waals surface area contributed by atoms with Crippen LogP contribution in [0.4, 0.5) is 0 Å². The maximum Gasteiger partial charge on any atom is 0.289 e. The van der Waals surface area contributed by atoms with Crippen LogP contribution in [0.5, 0.6) is 5.75 Å². The Labute approximate surface area is 220 Å². The van der Waals surface area contributed by atoms with E-state index in [0.717, 1.165) is 45.7 Å². The summed E-state index contributed by atoms with van der Waals surface area (Å²) in [7, 11) is 0. The molecule has 1 unspecified atom stereocenters. The Kier molecular flexibility index (Phi) is 7.28. The van der Waals surface area contributed by atoms with E-state index in [9.17, 15) is 9.59 Å². The minimum Gasteiger partial charge on any atom is -0.491 e. The number of aryl methyl sites for hydroxylation is 2. The van der Waals surface area contributed by atoms with Crippen molar-refractivity contribution in [2.45, 2.75) is 45.6 Å². The van der Waals surface area contributed by atoms with E-state index in [0.29, 0.717) is 31.2 Å². The first-order valence-corrected chi connectivity index (χ1v) is 13.5. The molecule has 0 spiro atoms. The van der Waals surface area contributed by atoms with Crippen molar-refractivity contribution < 1.29 is 18.7 Å². The largest absolute Gasteiger partial charge is 0.491 e.